The maximum atomic E-state index is 12.1. The van der Waals surface area contributed by atoms with Crippen molar-refractivity contribution >= 4 is 32.8 Å². The molecule has 1 aromatic heterocycles. The molecule has 2 aromatic rings. The Balaban J connectivity index is 2.32. The van der Waals surface area contributed by atoms with Gasteiger partial charge in [-0.25, -0.2) is 0 Å². The van der Waals surface area contributed by atoms with Crippen LogP contribution in [-0.2, 0) is 0 Å². The minimum absolute atomic E-state index is 0.0502. The number of nitrogens with zero attached hydrogens (tertiary/aromatic N) is 1. The van der Waals surface area contributed by atoms with Crippen LogP contribution in [0.1, 0.15) is 17.5 Å². The summed E-state index contributed by atoms with van der Waals surface area (Å²) in [7, 11) is 0. The molecule has 0 atom stereocenters. The van der Waals surface area contributed by atoms with Gasteiger partial charge < -0.3 is 14.4 Å². The van der Waals surface area contributed by atoms with Crippen LogP contribution in [0.3, 0.4) is 0 Å². The van der Waals surface area contributed by atoms with Crippen LogP contribution in [0.2, 0.25) is 0 Å². The molecule has 0 bridgehead atoms. The fourth-order valence-electron chi connectivity index (χ4n) is 1.80. The highest BCUT2D eigenvalue weighted by Gasteiger charge is 2.18. The third kappa shape index (κ3) is 2.57. The van der Waals surface area contributed by atoms with Crippen molar-refractivity contribution in [1.82, 2.24) is 4.90 Å². The van der Waals surface area contributed by atoms with E-state index in [1.165, 1.54) is 0 Å². The zero-order valence-corrected chi connectivity index (χ0v) is 11.6. The summed E-state index contributed by atoms with van der Waals surface area (Å²) in [4.78, 5) is 13.7. The van der Waals surface area contributed by atoms with Gasteiger partial charge in [0.1, 0.15) is 5.58 Å². The molecule has 0 aliphatic carbocycles. The fourth-order valence-corrected chi connectivity index (χ4v) is 2.18. The zero-order chi connectivity index (χ0) is 13.1. The van der Waals surface area contributed by atoms with Gasteiger partial charge in [0.2, 0.25) is 0 Å². The van der Waals surface area contributed by atoms with Crippen molar-refractivity contribution in [2.45, 2.75) is 6.92 Å². The van der Waals surface area contributed by atoms with Gasteiger partial charge in [0.25, 0.3) is 5.91 Å². The van der Waals surface area contributed by atoms with E-state index in [-0.39, 0.29) is 12.5 Å². The predicted molar refractivity (Wildman–Crippen MR) is 72.6 cm³/mol. The van der Waals surface area contributed by atoms with Gasteiger partial charge in [-0.15, -0.1) is 0 Å². The first-order chi connectivity index (χ1) is 8.65. The Morgan fingerprint density at radius 3 is 2.89 bits per heavy atom. The molecule has 1 amide bonds. The second kappa shape index (κ2) is 5.54. The molecule has 4 nitrogen and oxygen atoms in total. The van der Waals surface area contributed by atoms with Crippen LogP contribution in [0.5, 0.6) is 0 Å². The van der Waals surface area contributed by atoms with Crippen molar-refractivity contribution in [2.24, 2.45) is 0 Å². The molecule has 0 unspecified atom stereocenters. The molecule has 1 aromatic carbocycles. The van der Waals surface area contributed by atoms with E-state index in [1.807, 2.05) is 25.1 Å². The molecule has 18 heavy (non-hydrogen) atoms. The van der Waals surface area contributed by atoms with Gasteiger partial charge in [-0.05, 0) is 31.2 Å². The largest absolute Gasteiger partial charge is 0.451 e. The highest BCUT2D eigenvalue weighted by atomic mass is 79.9. The number of benzene rings is 1. The molecule has 0 saturated heterocycles. The molecule has 0 aliphatic rings. The van der Waals surface area contributed by atoms with Gasteiger partial charge in [0.05, 0.1) is 6.61 Å². The molecule has 0 aliphatic heterocycles. The Kier molecular flexibility index (Phi) is 4.04. The van der Waals surface area contributed by atoms with Crippen LogP contribution in [0.4, 0.5) is 0 Å². The number of fused-ring (bicyclic) bond motifs is 1. The summed E-state index contributed by atoms with van der Waals surface area (Å²) in [6, 6.07) is 7.31. The van der Waals surface area contributed by atoms with Gasteiger partial charge in [-0.3, -0.25) is 4.79 Å². The summed E-state index contributed by atoms with van der Waals surface area (Å²) >= 11 is 3.38. The molecule has 5 heteroatoms. The van der Waals surface area contributed by atoms with E-state index >= 15 is 0 Å². The summed E-state index contributed by atoms with van der Waals surface area (Å²) in [5, 5.41) is 9.79. The SMILES string of the molecule is CCN(CCO)C(=O)c1cc2cc(Br)ccc2o1. The molecule has 0 radical (unpaired) electrons. The van der Waals surface area contributed by atoms with Crippen molar-refractivity contribution in [2.75, 3.05) is 19.7 Å². The summed E-state index contributed by atoms with van der Waals surface area (Å²) in [6.07, 6.45) is 0. The van der Waals surface area contributed by atoms with Gasteiger partial charge in [-0.2, -0.15) is 0 Å². The number of aliphatic hydroxyl groups is 1. The van der Waals surface area contributed by atoms with Crippen LogP contribution < -0.4 is 0 Å². The Morgan fingerprint density at radius 2 is 2.22 bits per heavy atom. The van der Waals surface area contributed by atoms with E-state index in [2.05, 4.69) is 15.9 Å². The Labute approximate surface area is 113 Å². The summed E-state index contributed by atoms with van der Waals surface area (Å²) < 4.78 is 6.46. The molecular formula is C13H14BrNO3. The van der Waals surface area contributed by atoms with Gasteiger partial charge in [0.15, 0.2) is 5.76 Å². The molecule has 0 saturated carbocycles. The molecule has 2 rings (SSSR count). The molecule has 1 N–H and O–H groups in total. The molecule has 0 fully saturated rings. The lowest BCUT2D eigenvalue weighted by Crippen LogP contribution is -2.33. The number of hydrogen-bond donors (Lipinski definition) is 1. The van der Waals surface area contributed by atoms with Gasteiger partial charge >= 0.3 is 0 Å². The summed E-state index contributed by atoms with van der Waals surface area (Å²) in [6.45, 7) is 2.67. The molecule has 96 valence electrons. The van der Waals surface area contributed by atoms with Crippen LogP contribution in [0.15, 0.2) is 33.2 Å². The maximum absolute atomic E-state index is 12.1. The van der Waals surface area contributed by atoms with Crippen LogP contribution in [-0.4, -0.2) is 35.6 Å². The lowest BCUT2D eigenvalue weighted by molar-refractivity contribution is 0.0702. The average molecular weight is 312 g/mol. The van der Waals surface area contributed by atoms with E-state index in [1.54, 1.807) is 11.0 Å². The number of halogens is 1. The number of carbonyl (C=O) groups is 1. The summed E-state index contributed by atoms with van der Waals surface area (Å²) in [5.74, 6) is 0.109. The van der Waals surface area contributed by atoms with E-state index in [9.17, 15) is 4.79 Å². The van der Waals surface area contributed by atoms with Crippen molar-refractivity contribution in [1.29, 1.82) is 0 Å². The third-order valence-electron chi connectivity index (χ3n) is 2.73. The average Bonchev–Trinajstić information content (AvgIpc) is 2.77. The first kappa shape index (κ1) is 13.1. The van der Waals surface area contributed by atoms with Crippen molar-refractivity contribution in [3.05, 3.63) is 34.5 Å². The van der Waals surface area contributed by atoms with E-state index in [4.69, 9.17) is 9.52 Å². The number of hydrogen-bond acceptors (Lipinski definition) is 3. The van der Waals surface area contributed by atoms with Crippen LogP contribution >= 0.6 is 15.9 Å². The normalized spacial score (nSPS) is 10.8. The van der Waals surface area contributed by atoms with Crippen molar-refractivity contribution in [3.63, 3.8) is 0 Å². The second-order valence-corrected chi connectivity index (χ2v) is 4.82. The quantitative estimate of drug-likeness (QED) is 0.944. The topological polar surface area (TPSA) is 53.7 Å². The number of aliphatic hydroxyl groups excluding tert-OH is 1. The number of furan rings is 1. The van der Waals surface area contributed by atoms with Crippen LogP contribution in [0, 0.1) is 0 Å². The first-order valence-electron chi connectivity index (χ1n) is 5.75. The Morgan fingerprint density at radius 1 is 1.44 bits per heavy atom. The summed E-state index contributed by atoms with van der Waals surface area (Å²) in [5.41, 5.74) is 0.682. The number of carbonyl (C=O) groups excluding carboxylic acids is 1. The van der Waals surface area contributed by atoms with Gasteiger partial charge in [-0.1, -0.05) is 15.9 Å². The third-order valence-corrected chi connectivity index (χ3v) is 3.22. The first-order valence-corrected chi connectivity index (χ1v) is 6.54. The smallest absolute Gasteiger partial charge is 0.289 e. The minimum Gasteiger partial charge on any atom is -0.451 e. The lowest BCUT2D eigenvalue weighted by Gasteiger charge is -2.17. The fraction of sp³-hybridized carbons (Fsp3) is 0.308. The highest BCUT2D eigenvalue weighted by Crippen LogP contribution is 2.24. The molecule has 0 spiro atoms. The number of amides is 1. The lowest BCUT2D eigenvalue weighted by atomic mass is 10.2. The molecule has 1 heterocycles. The van der Waals surface area contributed by atoms with E-state index in [0.29, 0.717) is 24.4 Å². The number of rotatable bonds is 4. The monoisotopic (exact) mass is 311 g/mol. The Bertz CT molecular complexity index is 564. The van der Waals surface area contributed by atoms with E-state index in [0.717, 1.165) is 9.86 Å². The molecular weight excluding hydrogens is 298 g/mol. The highest BCUT2D eigenvalue weighted by molar-refractivity contribution is 9.10. The standard InChI is InChI=1S/C13H14BrNO3/c1-2-15(5-6-16)13(17)12-8-9-7-10(14)3-4-11(9)18-12/h3-4,7-8,16H,2,5-6H2,1H3. The number of likely N-dealkylation sites (N-methyl/N-ethyl adjacent to an activating group) is 1. The zero-order valence-electron chi connectivity index (χ0n) is 10.0. The van der Waals surface area contributed by atoms with Gasteiger partial charge in [0, 0.05) is 22.9 Å². The predicted octanol–water partition coefficient (Wildman–Crippen LogP) is 2.65. The minimum atomic E-state index is -0.195. The maximum Gasteiger partial charge on any atom is 0.289 e. The van der Waals surface area contributed by atoms with E-state index < -0.39 is 0 Å². The van der Waals surface area contributed by atoms with Crippen LogP contribution in [0.25, 0.3) is 11.0 Å². The second-order valence-electron chi connectivity index (χ2n) is 3.90. The van der Waals surface area contributed by atoms with Crippen molar-refractivity contribution in [3.8, 4) is 0 Å². The van der Waals surface area contributed by atoms with Crippen molar-refractivity contribution < 1.29 is 14.3 Å². The Hall–Kier alpha value is -1.33.